The number of allylic oxidation sites excluding steroid dienone is 2. The summed E-state index contributed by atoms with van der Waals surface area (Å²) in [5.41, 5.74) is 7.67. The molecule has 0 fully saturated rings. The van der Waals surface area contributed by atoms with Crippen molar-refractivity contribution in [2.45, 2.75) is 20.8 Å². The molecule has 3 heteroatoms. The summed E-state index contributed by atoms with van der Waals surface area (Å²) in [6.45, 7) is 5.60. The van der Waals surface area contributed by atoms with Gasteiger partial charge >= 0.3 is 0 Å². The number of hydrogen-bond donors (Lipinski definition) is 3. The van der Waals surface area contributed by atoms with Crippen LogP contribution in [0, 0.1) is 5.41 Å². The SMILES string of the molecule is CC(=N)C(=C(C)C)/C(S)=C/N. The average molecular weight is 170 g/mol. The second-order valence-corrected chi connectivity index (χ2v) is 3.03. The van der Waals surface area contributed by atoms with E-state index in [9.17, 15) is 0 Å². The molecule has 3 N–H and O–H groups in total. The van der Waals surface area contributed by atoms with E-state index in [1.54, 1.807) is 6.92 Å². The Balaban J connectivity index is 4.95. The molecule has 0 unspecified atom stereocenters. The molecule has 0 radical (unpaired) electrons. The van der Waals surface area contributed by atoms with Crippen LogP contribution in [0.2, 0.25) is 0 Å². The summed E-state index contributed by atoms with van der Waals surface area (Å²) in [4.78, 5) is 0.664. The summed E-state index contributed by atoms with van der Waals surface area (Å²) in [6, 6.07) is 0. The number of thiol groups is 1. The van der Waals surface area contributed by atoms with Crippen LogP contribution in [-0.2, 0) is 0 Å². The first kappa shape index (κ1) is 10.3. The number of rotatable bonds is 2. The van der Waals surface area contributed by atoms with E-state index in [1.807, 2.05) is 13.8 Å². The van der Waals surface area contributed by atoms with Gasteiger partial charge in [0.1, 0.15) is 0 Å². The maximum atomic E-state index is 7.41. The molecule has 0 amide bonds. The first-order chi connectivity index (χ1) is 5.00. The summed E-state index contributed by atoms with van der Waals surface area (Å²) < 4.78 is 0. The minimum absolute atomic E-state index is 0.497. The molecule has 0 aliphatic heterocycles. The van der Waals surface area contributed by atoms with Crippen molar-refractivity contribution in [2.24, 2.45) is 5.73 Å². The maximum absolute atomic E-state index is 7.41. The van der Waals surface area contributed by atoms with Gasteiger partial charge in [-0.05, 0) is 20.8 Å². The highest BCUT2D eigenvalue weighted by molar-refractivity contribution is 7.84. The molecule has 0 aromatic carbocycles. The molecule has 0 spiro atoms. The van der Waals surface area contributed by atoms with Gasteiger partial charge in [-0.15, -0.1) is 12.6 Å². The van der Waals surface area contributed by atoms with Gasteiger partial charge in [0.25, 0.3) is 0 Å². The Hall–Kier alpha value is -0.700. The van der Waals surface area contributed by atoms with Gasteiger partial charge in [0.05, 0.1) is 0 Å². The Labute approximate surface area is 73.1 Å². The van der Waals surface area contributed by atoms with Gasteiger partial charge in [0.15, 0.2) is 0 Å². The number of nitrogens with two attached hydrogens (primary N) is 1. The van der Waals surface area contributed by atoms with Crippen molar-refractivity contribution in [3.8, 4) is 0 Å². The standard InChI is InChI=1S/C8H14N2S/c1-5(2)8(6(3)10)7(11)4-9/h4,10-11H,9H2,1-3H3/b7-4-,10-6?. The summed E-state index contributed by atoms with van der Waals surface area (Å²) in [5.74, 6) is 0. The normalized spacial score (nSPS) is 11.1. The number of hydrogen-bond acceptors (Lipinski definition) is 3. The van der Waals surface area contributed by atoms with Crippen LogP contribution in [-0.4, -0.2) is 5.71 Å². The van der Waals surface area contributed by atoms with Crippen LogP contribution in [0.5, 0.6) is 0 Å². The van der Waals surface area contributed by atoms with E-state index < -0.39 is 0 Å². The van der Waals surface area contributed by atoms with E-state index in [2.05, 4.69) is 12.6 Å². The lowest BCUT2D eigenvalue weighted by molar-refractivity contribution is 1.32. The van der Waals surface area contributed by atoms with Gasteiger partial charge < -0.3 is 11.1 Å². The topological polar surface area (TPSA) is 49.9 Å². The predicted octanol–water partition coefficient (Wildman–Crippen LogP) is 2.09. The lowest BCUT2D eigenvalue weighted by Gasteiger charge is -2.06. The first-order valence-electron chi connectivity index (χ1n) is 3.35. The Bertz CT molecular complexity index is 222. The van der Waals surface area contributed by atoms with Crippen molar-refractivity contribution in [1.82, 2.24) is 0 Å². The summed E-state index contributed by atoms with van der Waals surface area (Å²) in [6.07, 6.45) is 1.41. The van der Waals surface area contributed by atoms with Gasteiger partial charge in [-0.1, -0.05) is 5.57 Å². The molecular weight excluding hydrogens is 156 g/mol. The van der Waals surface area contributed by atoms with E-state index in [0.717, 1.165) is 11.1 Å². The third-order valence-corrected chi connectivity index (χ3v) is 1.66. The lowest BCUT2D eigenvalue weighted by Crippen LogP contribution is -2.00. The van der Waals surface area contributed by atoms with Gasteiger partial charge in [-0.2, -0.15) is 0 Å². The molecule has 62 valence electrons. The van der Waals surface area contributed by atoms with Crippen molar-refractivity contribution >= 4 is 18.3 Å². The van der Waals surface area contributed by atoms with E-state index in [0.29, 0.717) is 10.6 Å². The van der Waals surface area contributed by atoms with Gasteiger partial charge in [0, 0.05) is 22.4 Å². The smallest absolute Gasteiger partial charge is 0.0366 e. The van der Waals surface area contributed by atoms with E-state index >= 15 is 0 Å². The molecule has 0 aliphatic carbocycles. The highest BCUT2D eigenvalue weighted by Gasteiger charge is 2.04. The van der Waals surface area contributed by atoms with Crippen molar-refractivity contribution in [3.63, 3.8) is 0 Å². The Kier molecular flexibility index (Phi) is 3.97. The zero-order valence-corrected chi connectivity index (χ0v) is 8.00. The fraction of sp³-hybridized carbons (Fsp3) is 0.375. The zero-order chi connectivity index (χ0) is 9.02. The molecule has 0 bridgehead atoms. The molecule has 0 aromatic heterocycles. The molecule has 0 saturated carbocycles. The monoisotopic (exact) mass is 170 g/mol. The first-order valence-corrected chi connectivity index (χ1v) is 3.79. The fourth-order valence-corrected chi connectivity index (χ4v) is 1.30. The molecule has 0 saturated heterocycles. The van der Waals surface area contributed by atoms with Crippen LogP contribution in [0.3, 0.4) is 0 Å². The van der Waals surface area contributed by atoms with Crippen molar-refractivity contribution in [1.29, 1.82) is 5.41 Å². The van der Waals surface area contributed by atoms with Gasteiger partial charge in [-0.25, -0.2) is 0 Å². The molecule has 0 rings (SSSR count). The van der Waals surface area contributed by atoms with Crippen molar-refractivity contribution < 1.29 is 0 Å². The zero-order valence-electron chi connectivity index (χ0n) is 7.10. The second-order valence-electron chi connectivity index (χ2n) is 2.55. The quantitative estimate of drug-likeness (QED) is 0.332. The van der Waals surface area contributed by atoms with Crippen LogP contribution < -0.4 is 5.73 Å². The Morgan fingerprint density at radius 3 is 1.91 bits per heavy atom. The van der Waals surface area contributed by atoms with Crippen molar-refractivity contribution in [2.75, 3.05) is 0 Å². The summed E-state index contributed by atoms with van der Waals surface area (Å²) in [5, 5.41) is 7.41. The molecule has 0 aliphatic rings. The van der Waals surface area contributed by atoms with Gasteiger partial charge in [-0.3, -0.25) is 0 Å². The Morgan fingerprint density at radius 2 is 1.82 bits per heavy atom. The molecule has 0 atom stereocenters. The third kappa shape index (κ3) is 2.80. The minimum atomic E-state index is 0.497. The molecule has 0 aromatic rings. The average Bonchev–Trinajstić information content (AvgIpc) is 1.85. The maximum Gasteiger partial charge on any atom is 0.0366 e. The summed E-state index contributed by atoms with van der Waals surface area (Å²) in [7, 11) is 0. The minimum Gasteiger partial charge on any atom is -0.404 e. The fourth-order valence-electron chi connectivity index (χ4n) is 0.907. The van der Waals surface area contributed by atoms with Crippen LogP contribution in [0.4, 0.5) is 0 Å². The van der Waals surface area contributed by atoms with E-state index in [1.165, 1.54) is 6.20 Å². The number of nitrogens with one attached hydrogen (secondary N) is 1. The third-order valence-electron chi connectivity index (χ3n) is 1.29. The molecule has 0 heterocycles. The van der Waals surface area contributed by atoms with Crippen LogP contribution in [0.25, 0.3) is 0 Å². The molecule has 11 heavy (non-hydrogen) atoms. The highest BCUT2D eigenvalue weighted by Crippen LogP contribution is 2.17. The van der Waals surface area contributed by atoms with Crippen LogP contribution in [0.15, 0.2) is 22.3 Å². The van der Waals surface area contributed by atoms with Crippen molar-refractivity contribution in [3.05, 3.63) is 22.3 Å². The predicted molar refractivity (Wildman–Crippen MR) is 53.0 cm³/mol. The lowest BCUT2D eigenvalue weighted by atomic mass is 10.1. The van der Waals surface area contributed by atoms with Gasteiger partial charge in [0.2, 0.25) is 0 Å². The molecule has 2 nitrogen and oxygen atoms in total. The highest BCUT2D eigenvalue weighted by atomic mass is 32.1. The largest absolute Gasteiger partial charge is 0.404 e. The summed E-state index contributed by atoms with van der Waals surface area (Å²) >= 11 is 4.14. The van der Waals surface area contributed by atoms with Crippen LogP contribution in [0.1, 0.15) is 20.8 Å². The second kappa shape index (κ2) is 4.23. The van der Waals surface area contributed by atoms with E-state index in [4.69, 9.17) is 11.1 Å². The van der Waals surface area contributed by atoms with E-state index in [-0.39, 0.29) is 0 Å². The molecular formula is C8H14N2S. The Morgan fingerprint density at radius 1 is 1.36 bits per heavy atom. The van der Waals surface area contributed by atoms with Crippen LogP contribution >= 0.6 is 12.6 Å².